The number of nitrogens with one attached hydrogen (secondary N) is 1. The van der Waals surface area contributed by atoms with E-state index >= 15 is 0 Å². The van der Waals surface area contributed by atoms with Crippen LogP contribution in [0.4, 0.5) is 5.69 Å². The van der Waals surface area contributed by atoms with Crippen LogP contribution in [-0.2, 0) is 4.79 Å². The summed E-state index contributed by atoms with van der Waals surface area (Å²) in [5.74, 6) is -0.153. The Morgan fingerprint density at radius 1 is 1.29 bits per heavy atom. The topological polar surface area (TPSA) is 75.4 Å². The van der Waals surface area contributed by atoms with Crippen LogP contribution in [0.1, 0.15) is 29.1 Å². The first-order chi connectivity index (χ1) is 13.6. The monoisotopic (exact) mass is 413 g/mol. The van der Waals surface area contributed by atoms with E-state index in [0.717, 1.165) is 21.3 Å². The second kappa shape index (κ2) is 8.20. The van der Waals surface area contributed by atoms with E-state index in [4.69, 9.17) is 4.42 Å². The summed E-state index contributed by atoms with van der Waals surface area (Å²) < 4.78 is 6.18. The summed E-state index contributed by atoms with van der Waals surface area (Å²) in [5, 5.41) is 4.95. The van der Waals surface area contributed by atoms with Crippen LogP contribution < -0.4 is 5.32 Å². The fourth-order valence-corrected chi connectivity index (χ4v) is 4.95. The molecule has 144 valence electrons. The van der Waals surface area contributed by atoms with Crippen LogP contribution in [0.15, 0.2) is 61.7 Å². The molecule has 0 bridgehead atoms. The molecule has 1 unspecified atom stereocenters. The summed E-state index contributed by atoms with van der Waals surface area (Å²) in [5.41, 5.74) is 1.73. The Morgan fingerprint density at radius 3 is 2.79 bits per heavy atom. The van der Waals surface area contributed by atoms with Gasteiger partial charge in [-0.15, -0.1) is 11.3 Å². The molecule has 0 aliphatic carbocycles. The molecular weight excluding hydrogens is 394 g/mol. The number of aromatic nitrogens is 1. The van der Waals surface area contributed by atoms with Gasteiger partial charge in [0.25, 0.3) is 5.91 Å². The molecule has 3 heterocycles. The van der Waals surface area contributed by atoms with Crippen molar-refractivity contribution < 1.29 is 14.0 Å². The average Bonchev–Trinajstić information content (AvgIpc) is 3.44. The maximum Gasteiger partial charge on any atom is 0.290 e. The number of likely N-dealkylation sites (tertiary alicyclic amines) is 1. The summed E-state index contributed by atoms with van der Waals surface area (Å²) >= 11 is 3.21. The van der Waals surface area contributed by atoms with Gasteiger partial charge in [-0.1, -0.05) is 11.8 Å². The average molecular weight is 414 g/mol. The van der Waals surface area contributed by atoms with E-state index in [1.165, 1.54) is 6.26 Å². The lowest BCUT2D eigenvalue weighted by atomic mass is 10.2. The van der Waals surface area contributed by atoms with Gasteiger partial charge in [0.05, 0.1) is 6.26 Å². The fourth-order valence-electron chi connectivity index (χ4n) is 3.14. The van der Waals surface area contributed by atoms with Crippen molar-refractivity contribution in [2.75, 3.05) is 11.9 Å². The van der Waals surface area contributed by atoms with Crippen LogP contribution in [0.5, 0.6) is 0 Å². The summed E-state index contributed by atoms with van der Waals surface area (Å²) in [6.45, 7) is 2.53. The number of furan rings is 1. The van der Waals surface area contributed by atoms with E-state index in [9.17, 15) is 9.59 Å². The summed E-state index contributed by atoms with van der Waals surface area (Å²) in [6, 6.07) is 10.5. The highest BCUT2D eigenvalue weighted by Crippen LogP contribution is 2.31. The van der Waals surface area contributed by atoms with Crippen molar-refractivity contribution in [3.8, 4) is 0 Å². The normalized spacial score (nSPS) is 16.3. The number of anilines is 1. The van der Waals surface area contributed by atoms with E-state index in [2.05, 4.69) is 10.3 Å². The maximum atomic E-state index is 12.7. The van der Waals surface area contributed by atoms with Gasteiger partial charge in [-0.05, 0) is 56.2 Å². The largest absolute Gasteiger partial charge is 0.459 e. The van der Waals surface area contributed by atoms with Crippen molar-refractivity contribution >= 4 is 40.6 Å². The lowest BCUT2D eigenvalue weighted by Crippen LogP contribution is -2.43. The van der Waals surface area contributed by atoms with Crippen molar-refractivity contribution in [2.45, 2.75) is 35.0 Å². The van der Waals surface area contributed by atoms with Gasteiger partial charge < -0.3 is 14.6 Å². The van der Waals surface area contributed by atoms with Crippen LogP contribution in [0.2, 0.25) is 0 Å². The number of nitrogens with zero attached hydrogens (tertiary/aromatic N) is 2. The van der Waals surface area contributed by atoms with Crippen molar-refractivity contribution in [2.24, 2.45) is 0 Å². The van der Waals surface area contributed by atoms with Crippen LogP contribution in [0.25, 0.3) is 0 Å². The van der Waals surface area contributed by atoms with Gasteiger partial charge in [0.1, 0.15) is 6.04 Å². The summed E-state index contributed by atoms with van der Waals surface area (Å²) in [6.07, 6.45) is 2.91. The van der Waals surface area contributed by atoms with Crippen LogP contribution >= 0.6 is 23.1 Å². The van der Waals surface area contributed by atoms with E-state index in [0.29, 0.717) is 18.7 Å². The van der Waals surface area contributed by atoms with Gasteiger partial charge >= 0.3 is 0 Å². The number of hydrogen-bond acceptors (Lipinski definition) is 6. The van der Waals surface area contributed by atoms with Gasteiger partial charge in [0.2, 0.25) is 5.91 Å². The lowest BCUT2D eigenvalue weighted by molar-refractivity contribution is -0.119. The number of rotatable bonds is 5. The number of carbonyl (C=O) groups excluding carboxylic acids is 2. The highest BCUT2D eigenvalue weighted by Gasteiger charge is 2.35. The van der Waals surface area contributed by atoms with Gasteiger partial charge in [-0.3, -0.25) is 9.59 Å². The smallest absolute Gasteiger partial charge is 0.290 e. The molecule has 1 saturated heterocycles. The first kappa shape index (κ1) is 18.8. The van der Waals surface area contributed by atoms with Crippen molar-refractivity contribution in [3.63, 3.8) is 0 Å². The minimum atomic E-state index is -0.482. The Balaban J connectivity index is 1.39. The molecule has 2 aromatic heterocycles. The third kappa shape index (κ3) is 4.13. The van der Waals surface area contributed by atoms with Crippen LogP contribution in [-0.4, -0.2) is 34.3 Å². The Morgan fingerprint density at radius 2 is 2.11 bits per heavy atom. The number of amides is 2. The zero-order valence-electron chi connectivity index (χ0n) is 15.3. The predicted molar refractivity (Wildman–Crippen MR) is 109 cm³/mol. The number of aryl methyl sites for hydroxylation is 1. The molecule has 6 nitrogen and oxygen atoms in total. The Hall–Kier alpha value is -2.58. The molecule has 2 amide bonds. The Labute approximate surface area is 171 Å². The Kier molecular flexibility index (Phi) is 5.50. The fraction of sp³-hybridized carbons (Fsp3) is 0.250. The molecule has 1 N–H and O–H groups in total. The summed E-state index contributed by atoms with van der Waals surface area (Å²) in [4.78, 5) is 32.4. The van der Waals surface area contributed by atoms with Crippen molar-refractivity contribution in [3.05, 3.63) is 59.5 Å². The van der Waals surface area contributed by atoms with Crippen LogP contribution in [0.3, 0.4) is 0 Å². The number of hydrogen-bond donors (Lipinski definition) is 1. The maximum absolute atomic E-state index is 12.7. The first-order valence-electron chi connectivity index (χ1n) is 8.95. The second-order valence-electron chi connectivity index (χ2n) is 6.50. The number of benzene rings is 1. The van der Waals surface area contributed by atoms with Crippen LogP contribution in [0, 0.1) is 6.92 Å². The molecule has 1 atom stereocenters. The molecule has 0 saturated carbocycles. The molecule has 3 aromatic rings. The third-order valence-corrected chi connectivity index (χ3v) is 6.54. The second-order valence-corrected chi connectivity index (χ2v) is 8.68. The van der Waals surface area contributed by atoms with E-state index in [-0.39, 0.29) is 17.6 Å². The minimum absolute atomic E-state index is 0.173. The van der Waals surface area contributed by atoms with E-state index in [1.807, 2.05) is 36.6 Å². The van der Waals surface area contributed by atoms with Crippen molar-refractivity contribution in [1.82, 2.24) is 9.88 Å². The van der Waals surface area contributed by atoms with Gasteiger partial charge in [-0.25, -0.2) is 4.98 Å². The third-order valence-electron chi connectivity index (χ3n) is 4.47. The Bertz CT molecular complexity index is 967. The molecule has 0 radical (unpaired) electrons. The first-order valence-corrected chi connectivity index (χ1v) is 10.6. The molecule has 1 aliphatic heterocycles. The highest BCUT2D eigenvalue weighted by molar-refractivity contribution is 8.01. The van der Waals surface area contributed by atoms with Gasteiger partial charge in [0, 0.05) is 28.2 Å². The number of thiazole rings is 1. The zero-order valence-corrected chi connectivity index (χ0v) is 16.9. The van der Waals surface area contributed by atoms with E-state index in [1.54, 1.807) is 40.1 Å². The molecule has 1 aromatic carbocycles. The molecule has 1 fully saturated rings. The molecule has 28 heavy (non-hydrogen) atoms. The minimum Gasteiger partial charge on any atom is -0.459 e. The SMILES string of the molecule is Cc1csc(Sc2ccc(NC(=O)C3CCCN3C(=O)c3ccco3)cc2)n1. The lowest BCUT2D eigenvalue weighted by Gasteiger charge is -2.23. The molecular formula is C20H19N3O3S2. The van der Waals surface area contributed by atoms with Gasteiger partial charge in [-0.2, -0.15) is 0 Å². The molecule has 0 spiro atoms. The van der Waals surface area contributed by atoms with Gasteiger partial charge in [0.15, 0.2) is 10.1 Å². The standard InChI is InChI=1S/C20H19N3O3S2/c1-13-12-27-20(21-13)28-15-8-6-14(7-9-15)22-18(24)16-4-2-10-23(16)19(25)17-5-3-11-26-17/h3,5-9,11-12,16H,2,4,10H2,1H3,(H,22,24). The highest BCUT2D eigenvalue weighted by atomic mass is 32.2. The van der Waals surface area contributed by atoms with Crippen molar-refractivity contribution in [1.29, 1.82) is 0 Å². The molecule has 1 aliphatic rings. The molecule has 8 heteroatoms. The number of carbonyl (C=O) groups is 2. The summed E-state index contributed by atoms with van der Waals surface area (Å²) in [7, 11) is 0. The van der Waals surface area contributed by atoms with E-state index < -0.39 is 6.04 Å². The predicted octanol–water partition coefficient (Wildman–Crippen LogP) is 4.44. The zero-order chi connectivity index (χ0) is 19.5. The quantitative estimate of drug-likeness (QED) is 0.669. The molecule has 4 rings (SSSR count).